The van der Waals surface area contributed by atoms with Crippen molar-refractivity contribution in [2.24, 2.45) is 0 Å². The Balaban J connectivity index is 1.31. The third-order valence-electron chi connectivity index (χ3n) is 5.46. The van der Waals surface area contributed by atoms with Gasteiger partial charge in [0.25, 0.3) is 0 Å². The van der Waals surface area contributed by atoms with Gasteiger partial charge in [-0.2, -0.15) is 0 Å². The fourth-order valence-electron chi connectivity index (χ4n) is 3.68. The molecule has 2 heterocycles. The van der Waals surface area contributed by atoms with Gasteiger partial charge in [0.2, 0.25) is 5.91 Å². The molecule has 1 aliphatic heterocycles. The van der Waals surface area contributed by atoms with Gasteiger partial charge in [0.05, 0.1) is 12.9 Å². The van der Waals surface area contributed by atoms with Crippen molar-refractivity contribution in [3.8, 4) is 5.75 Å². The molecule has 2 aromatic carbocycles. The molecule has 1 fully saturated rings. The SMILES string of the molecule is COc1cccc(N2CCN(c3cc(SCC(=O)Nc4ccc(F)cc4C)ncn3)CC2)c1. The number of nitrogens with zero attached hydrogens (tertiary/aromatic N) is 4. The number of benzene rings is 2. The van der Waals surface area contributed by atoms with Crippen LogP contribution in [-0.4, -0.2) is 54.9 Å². The molecule has 0 aliphatic carbocycles. The van der Waals surface area contributed by atoms with Gasteiger partial charge >= 0.3 is 0 Å². The molecule has 1 N–H and O–H groups in total. The third-order valence-corrected chi connectivity index (χ3v) is 6.39. The molecule has 3 aromatic rings. The van der Waals surface area contributed by atoms with E-state index in [4.69, 9.17) is 4.74 Å². The van der Waals surface area contributed by atoms with Crippen molar-refractivity contribution in [2.45, 2.75) is 11.9 Å². The number of hydrogen-bond acceptors (Lipinski definition) is 7. The number of rotatable bonds is 7. The van der Waals surface area contributed by atoms with Gasteiger partial charge in [0.15, 0.2) is 0 Å². The molecule has 1 saturated heterocycles. The molecule has 33 heavy (non-hydrogen) atoms. The second-order valence-electron chi connectivity index (χ2n) is 7.69. The van der Waals surface area contributed by atoms with Crippen molar-refractivity contribution in [3.63, 3.8) is 0 Å². The molecule has 0 atom stereocenters. The first-order chi connectivity index (χ1) is 16.0. The molecule has 7 nitrogen and oxygen atoms in total. The number of hydrogen-bond donors (Lipinski definition) is 1. The Morgan fingerprint density at radius 2 is 1.88 bits per heavy atom. The predicted octanol–water partition coefficient (Wildman–Crippen LogP) is 3.99. The maximum atomic E-state index is 13.2. The standard InChI is InChI=1S/C24H26FN5O2S/c1-17-12-18(25)6-7-21(17)28-23(31)15-33-24-14-22(26-16-27-24)30-10-8-29(9-11-30)19-4-3-5-20(13-19)32-2/h3-7,12-14,16H,8-11,15H2,1-2H3,(H,28,31). The fraction of sp³-hybridized carbons (Fsp3) is 0.292. The summed E-state index contributed by atoms with van der Waals surface area (Å²) in [7, 11) is 1.68. The number of halogens is 1. The molecular weight excluding hydrogens is 441 g/mol. The molecule has 0 radical (unpaired) electrons. The maximum Gasteiger partial charge on any atom is 0.234 e. The molecular formula is C24H26FN5O2S. The van der Waals surface area contributed by atoms with Crippen LogP contribution in [0.4, 0.5) is 21.6 Å². The molecule has 9 heteroatoms. The zero-order chi connectivity index (χ0) is 23.2. The number of methoxy groups -OCH3 is 1. The van der Waals surface area contributed by atoms with Crippen LogP contribution in [0.3, 0.4) is 0 Å². The lowest BCUT2D eigenvalue weighted by Crippen LogP contribution is -2.46. The van der Waals surface area contributed by atoms with Gasteiger partial charge in [-0.15, -0.1) is 0 Å². The van der Waals surface area contributed by atoms with Crippen LogP contribution in [0.25, 0.3) is 0 Å². The molecule has 0 spiro atoms. The summed E-state index contributed by atoms with van der Waals surface area (Å²) in [6, 6.07) is 14.3. The molecule has 1 amide bonds. The summed E-state index contributed by atoms with van der Waals surface area (Å²) in [6.07, 6.45) is 1.54. The lowest BCUT2D eigenvalue weighted by atomic mass is 10.2. The average molecular weight is 468 g/mol. The maximum absolute atomic E-state index is 13.2. The predicted molar refractivity (Wildman–Crippen MR) is 130 cm³/mol. The smallest absolute Gasteiger partial charge is 0.234 e. The Kier molecular flexibility index (Phi) is 7.29. The largest absolute Gasteiger partial charge is 0.497 e. The molecule has 1 aliphatic rings. The monoisotopic (exact) mass is 467 g/mol. The number of aromatic nitrogens is 2. The summed E-state index contributed by atoms with van der Waals surface area (Å²) in [5.74, 6) is 1.43. The number of thioether (sulfide) groups is 1. The van der Waals surface area contributed by atoms with E-state index in [1.54, 1.807) is 20.1 Å². The van der Waals surface area contributed by atoms with Gasteiger partial charge in [0, 0.05) is 49.7 Å². The first kappa shape index (κ1) is 22.8. The summed E-state index contributed by atoms with van der Waals surface area (Å²) < 4.78 is 18.6. The molecule has 0 saturated carbocycles. The highest BCUT2D eigenvalue weighted by Crippen LogP contribution is 2.25. The second kappa shape index (κ2) is 10.5. The highest BCUT2D eigenvalue weighted by atomic mass is 32.2. The molecule has 0 unspecified atom stereocenters. The lowest BCUT2D eigenvalue weighted by Gasteiger charge is -2.36. The summed E-state index contributed by atoms with van der Waals surface area (Å²) in [6.45, 7) is 5.18. The number of carbonyl (C=O) groups excluding carboxylic acids is 1. The fourth-order valence-corrected chi connectivity index (χ4v) is 4.34. The van der Waals surface area contributed by atoms with Crippen LogP contribution < -0.4 is 19.9 Å². The van der Waals surface area contributed by atoms with Crippen LogP contribution in [0.1, 0.15) is 5.56 Å². The van der Waals surface area contributed by atoms with Crippen molar-refractivity contribution < 1.29 is 13.9 Å². The molecule has 1 aromatic heterocycles. The Hall–Kier alpha value is -3.33. The number of carbonyl (C=O) groups is 1. The summed E-state index contributed by atoms with van der Waals surface area (Å²) in [5, 5.41) is 3.56. The van der Waals surface area contributed by atoms with E-state index in [0.717, 1.165) is 48.5 Å². The van der Waals surface area contributed by atoms with Crippen LogP contribution in [-0.2, 0) is 4.79 Å². The molecule has 0 bridgehead atoms. The molecule has 172 valence electrons. The normalized spacial score (nSPS) is 13.7. The Morgan fingerprint density at radius 1 is 1.09 bits per heavy atom. The topological polar surface area (TPSA) is 70.6 Å². The number of anilines is 3. The van der Waals surface area contributed by atoms with Gasteiger partial charge in [0.1, 0.15) is 28.7 Å². The zero-order valence-corrected chi connectivity index (χ0v) is 19.4. The second-order valence-corrected chi connectivity index (χ2v) is 8.68. The Bertz CT molecular complexity index is 1120. The van der Waals surface area contributed by atoms with E-state index in [2.05, 4.69) is 31.2 Å². The average Bonchev–Trinajstić information content (AvgIpc) is 2.85. The number of nitrogens with one attached hydrogen (secondary N) is 1. The van der Waals surface area contributed by atoms with Crippen molar-refractivity contribution in [1.29, 1.82) is 0 Å². The van der Waals surface area contributed by atoms with Gasteiger partial charge in [-0.3, -0.25) is 4.79 Å². The van der Waals surface area contributed by atoms with Crippen LogP contribution in [0.2, 0.25) is 0 Å². The van der Waals surface area contributed by atoms with E-state index in [0.29, 0.717) is 11.3 Å². The highest BCUT2D eigenvalue weighted by molar-refractivity contribution is 7.99. The third kappa shape index (κ3) is 5.92. The minimum atomic E-state index is -0.322. The number of piperazine rings is 1. The Morgan fingerprint density at radius 3 is 2.64 bits per heavy atom. The van der Waals surface area contributed by atoms with Crippen molar-refractivity contribution in [1.82, 2.24) is 9.97 Å². The quantitative estimate of drug-likeness (QED) is 0.416. The van der Waals surface area contributed by atoms with Crippen molar-refractivity contribution >= 4 is 34.9 Å². The number of amides is 1. The van der Waals surface area contributed by atoms with Gasteiger partial charge in [-0.1, -0.05) is 17.8 Å². The number of aryl methyl sites for hydroxylation is 1. The van der Waals surface area contributed by atoms with Crippen LogP contribution in [0.15, 0.2) is 59.9 Å². The zero-order valence-electron chi connectivity index (χ0n) is 18.6. The van der Waals surface area contributed by atoms with E-state index in [1.807, 2.05) is 24.3 Å². The van der Waals surface area contributed by atoms with Crippen molar-refractivity contribution in [2.75, 3.05) is 54.2 Å². The Labute approximate surface area is 197 Å². The van der Waals surface area contributed by atoms with Crippen LogP contribution >= 0.6 is 11.8 Å². The van der Waals surface area contributed by atoms with E-state index < -0.39 is 0 Å². The van der Waals surface area contributed by atoms with Crippen LogP contribution in [0, 0.1) is 12.7 Å². The minimum absolute atomic E-state index is 0.165. The van der Waals surface area contributed by atoms with Gasteiger partial charge in [-0.25, -0.2) is 14.4 Å². The van der Waals surface area contributed by atoms with Gasteiger partial charge in [-0.05, 0) is 42.8 Å². The van der Waals surface area contributed by atoms with E-state index in [-0.39, 0.29) is 17.5 Å². The summed E-state index contributed by atoms with van der Waals surface area (Å²) >= 11 is 1.35. The van der Waals surface area contributed by atoms with Crippen LogP contribution in [0.5, 0.6) is 5.75 Å². The first-order valence-corrected chi connectivity index (χ1v) is 11.6. The first-order valence-electron chi connectivity index (χ1n) is 10.7. The summed E-state index contributed by atoms with van der Waals surface area (Å²) in [5.41, 5.74) is 2.44. The van der Waals surface area contributed by atoms with Gasteiger partial charge < -0.3 is 19.9 Å². The molecule has 4 rings (SSSR count). The number of ether oxygens (including phenoxy) is 1. The van der Waals surface area contributed by atoms with E-state index >= 15 is 0 Å². The van der Waals surface area contributed by atoms with E-state index in [9.17, 15) is 9.18 Å². The van der Waals surface area contributed by atoms with Crippen molar-refractivity contribution in [3.05, 3.63) is 66.2 Å². The van der Waals surface area contributed by atoms with E-state index in [1.165, 1.54) is 30.2 Å². The minimum Gasteiger partial charge on any atom is -0.497 e. The lowest BCUT2D eigenvalue weighted by molar-refractivity contribution is -0.113. The summed E-state index contributed by atoms with van der Waals surface area (Å²) in [4.78, 5) is 25.6. The highest BCUT2D eigenvalue weighted by Gasteiger charge is 2.19.